The number of carbonyl (C=O) groups excluding carboxylic acids is 1. The minimum Gasteiger partial charge on any atom is -0.455 e. The number of benzene rings is 2. The summed E-state index contributed by atoms with van der Waals surface area (Å²) in [5.41, 5.74) is 1.11. The molecule has 29 heavy (non-hydrogen) atoms. The van der Waals surface area contributed by atoms with Crippen molar-refractivity contribution in [3.05, 3.63) is 72.2 Å². The van der Waals surface area contributed by atoms with Crippen LogP contribution in [0.2, 0.25) is 0 Å². The molecule has 0 saturated carbocycles. The molecule has 0 atom stereocenters. The van der Waals surface area contributed by atoms with Gasteiger partial charge in [0.1, 0.15) is 23.1 Å². The fourth-order valence-electron chi connectivity index (χ4n) is 3.08. The summed E-state index contributed by atoms with van der Waals surface area (Å²) >= 11 is 0. The van der Waals surface area contributed by atoms with Crippen LogP contribution in [0.25, 0.3) is 0 Å². The number of amides is 1. The van der Waals surface area contributed by atoms with Gasteiger partial charge >= 0.3 is 0 Å². The summed E-state index contributed by atoms with van der Waals surface area (Å²) < 4.78 is 11.3. The number of nitrogens with zero attached hydrogens (tertiary/aromatic N) is 3. The Balaban J connectivity index is 1.57. The van der Waals surface area contributed by atoms with E-state index >= 15 is 0 Å². The second kappa shape index (κ2) is 8.70. The number of anilines is 2. The van der Waals surface area contributed by atoms with E-state index in [4.69, 9.17) is 9.47 Å². The first-order chi connectivity index (χ1) is 14.2. The van der Waals surface area contributed by atoms with E-state index < -0.39 is 0 Å². The van der Waals surface area contributed by atoms with E-state index in [0.29, 0.717) is 49.4 Å². The quantitative estimate of drug-likeness (QED) is 0.714. The predicted molar refractivity (Wildman–Crippen MR) is 110 cm³/mol. The van der Waals surface area contributed by atoms with Gasteiger partial charge in [-0.05, 0) is 31.2 Å². The normalized spacial score (nSPS) is 13.8. The third kappa shape index (κ3) is 4.70. The van der Waals surface area contributed by atoms with Crippen molar-refractivity contribution in [3.8, 4) is 11.5 Å². The van der Waals surface area contributed by atoms with Crippen molar-refractivity contribution in [3.63, 3.8) is 0 Å². The molecule has 1 amide bonds. The first-order valence-corrected chi connectivity index (χ1v) is 9.51. The fraction of sp³-hybridized carbons (Fsp3) is 0.227. The average molecular weight is 390 g/mol. The SMILES string of the molecule is Cc1nc(Nc2ccccc2Oc2ccccc2)cc(C(=O)N2CCOCC2)n1. The second-order valence-corrected chi connectivity index (χ2v) is 6.63. The summed E-state index contributed by atoms with van der Waals surface area (Å²) in [6.45, 7) is 4.00. The number of nitrogens with one attached hydrogen (secondary N) is 1. The molecule has 1 aromatic heterocycles. The molecule has 1 saturated heterocycles. The van der Waals surface area contributed by atoms with E-state index in [1.165, 1.54) is 0 Å². The molecule has 0 aliphatic carbocycles. The van der Waals surface area contributed by atoms with E-state index in [-0.39, 0.29) is 5.91 Å². The third-order valence-corrected chi connectivity index (χ3v) is 4.48. The van der Waals surface area contributed by atoms with Gasteiger partial charge in [0.05, 0.1) is 18.9 Å². The number of hydrogen-bond acceptors (Lipinski definition) is 6. The Kier molecular flexibility index (Phi) is 5.67. The van der Waals surface area contributed by atoms with Crippen molar-refractivity contribution in [2.24, 2.45) is 0 Å². The largest absolute Gasteiger partial charge is 0.455 e. The smallest absolute Gasteiger partial charge is 0.272 e. The molecule has 0 unspecified atom stereocenters. The van der Waals surface area contributed by atoms with E-state index in [0.717, 1.165) is 11.4 Å². The van der Waals surface area contributed by atoms with Gasteiger partial charge in [0.25, 0.3) is 5.91 Å². The molecular weight excluding hydrogens is 368 g/mol. The zero-order chi connectivity index (χ0) is 20.1. The molecule has 7 nitrogen and oxygen atoms in total. The van der Waals surface area contributed by atoms with Crippen LogP contribution in [-0.2, 0) is 4.74 Å². The molecular formula is C22H22N4O3. The van der Waals surface area contributed by atoms with Crippen molar-refractivity contribution >= 4 is 17.4 Å². The van der Waals surface area contributed by atoms with E-state index in [1.807, 2.05) is 54.6 Å². The minimum atomic E-state index is -0.115. The van der Waals surface area contributed by atoms with Crippen molar-refractivity contribution in [1.29, 1.82) is 0 Å². The van der Waals surface area contributed by atoms with Gasteiger partial charge in [-0.2, -0.15) is 0 Å². The highest BCUT2D eigenvalue weighted by Gasteiger charge is 2.21. The molecule has 0 spiro atoms. The topological polar surface area (TPSA) is 76.6 Å². The van der Waals surface area contributed by atoms with E-state index in [9.17, 15) is 4.79 Å². The van der Waals surface area contributed by atoms with Crippen LogP contribution < -0.4 is 10.1 Å². The Bertz CT molecular complexity index is 988. The molecule has 2 heterocycles. The highest BCUT2D eigenvalue weighted by Crippen LogP contribution is 2.31. The Morgan fingerprint density at radius 2 is 1.76 bits per heavy atom. The zero-order valence-corrected chi connectivity index (χ0v) is 16.2. The summed E-state index contributed by atoms with van der Waals surface area (Å²) in [4.78, 5) is 23.3. The zero-order valence-electron chi connectivity index (χ0n) is 16.2. The number of rotatable bonds is 5. The van der Waals surface area contributed by atoms with Gasteiger partial charge in [-0.15, -0.1) is 0 Å². The molecule has 4 rings (SSSR count). The van der Waals surface area contributed by atoms with Gasteiger partial charge in [-0.25, -0.2) is 9.97 Å². The molecule has 1 fully saturated rings. The standard InChI is InChI=1S/C22H22N4O3/c1-16-23-19(22(27)26-11-13-28-14-12-26)15-21(24-16)25-18-9-5-6-10-20(18)29-17-7-3-2-4-8-17/h2-10,15H,11-14H2,1H3,(H,23,24,25). The summed E-state index contributed by atoms with van der Waals surface area (Å²) in [6, 6.07) is 18.8. The molecule has 0 bridgehead atoms. The molecule has 1 N–H and O–H groups in total. The highest BCUT2D eigenvalue weighted by atomic mass is 16.5. The molecule has 1 aliphatic heterocycles. The number of para-hydroxylation sites is 3. The van der Waals surface area contributed by atoms with Crippen LogP contribution in [-0.4, -0.2) is 47.1 Å². The predicted octanol–water partition coefficient (Wildman–Crippen LogP) is 3.79. The number of carbonyl (C=O) groups is 1. The monoisotopic (exact) mass is 390 g/mol. The van der Waals surface area contributed by atoms with Crippen LogP contribution >= 0.6 is 0 Å². The molecule has 1 aliphatic rings. The first kappa shape index (κ1) is 18.9. The summed E-state index contributed by atoms with van der Waals surface area (Å²) in [5.74, 6) is 2.35. The maximum absolute atomic E-state index is 12.8. The first-order valence-electron chi connectivity index (χ1n) is 9.51. The molecule has 148 valence electrons. The number of aryl methyl sites for hydroxylation is 1. The van der Waals surface area contributed by atoms with Crippen LogP contribution in [0.15, 0.2) is 60.7 Å². The Labute approximate surface area is 169 Å². The van der Waals surface area contributed by atoms with Crippen LogP contribution in [0.5, 0.6) is 11.5 Å². The minimum absolute atomic E-state index is 0.115. The summed E-state index contributed by atoms with van der Waals surface area (Å²) in [6.07, 6.45) is 0. The van der Waals surface area contributed by atoms with Crippen LogP contribution in [0, 0.1) is 6.92 Å². The van der Waals surface area contributed by atoms with E-state index in [2.05, 4.69) is 15.3 Å². The van der Waals surface area contributed by atoms with Gasteiger partial charge in [-0.1, -0.05) is 30.3 Å². The highest BCUT2D eigenvalue weighted by molar-refractivity contribution is 5.93. The van der Waals surface area contributed by atoms with Gasteiger partial charge in [0.2, 0.25) is 0 Å². The van der Waals surface area contributed by atoms with Crippen molar-refractivity contribution in [1.82, 2.24) is 14.9 Å². The van der Waals surface area contributed by atoms with Gasteiger partial charge < -0.3 is 19.7 Å². The Morgan fingerprint density at radius 3 is 2.55 bits per heavy atom. The fourth-order valence-corrected chi connectivity index (χ4v) is 3.08. The number of ether oxygens (including phenoxy) is 2. The van der Waals surface area contributed by atoms with E-state index in [1.54, 1.807) is 17.9 Å². The van der Waals surface area contributed by atoms with Crippen LogP contribution in [0.3, 0.4) is 0 Å². The lowest BCUT2D eigenvalue weighted by atomic mass is 10.2. The van der Waals surface area contributed by atoms with Crippen molar-refractivity contribution in [2.45, 2.75) is 6.92 Å². The lowest BCUT2D eigenvalue weighted by molar-refractivity contribution is 0.0299. The lowest BCUT2D eigenvalue weighted by Crippen LogP contribution is -2.41. The molecule has 2 aromatic carbocycles. The number of hydrogen-bond donors (Lipinski definition) is 1. The van der Waals surface area contributed by atoms with Gasteiger partial charge in [-0.3, -0.25) is 4.79 Å². The molecule has 7 heteroatoms. The Hall–Kier alpha value is -3.45. The van der Waals surface area contributed by atoms with Crippen LogP contribution in [0.1, 0.15) is 16.3 Å². The van der Waals surface area contributed by atoms with Crippen molar-refractivity contribution < 1.29 is 14.3 Å². The lowest BCUT2D eigenvalue weighted by Gasteiger charge is -2.26. The average Bonchev–Trinajstić information content (AvgIpc) is 2.75. The van der Waals surface area contributed by atoms with Gasteiger partial charge in [0, 0.05) is 19.2 Å². The number of aromatic nitrogens is 2. The summed E-state index contributed by atoms with van der Waals surface area (Å²) in [7, 11) is 0. The molecule has 3 aromatic rings. The maximum Gasteiger partial charge on any atom is 0.272 e. The maximum atomic E-state index is 12.8. The third-order valence-electron chi connectivity index (χ3n) is 4.48. The molecule has 0 radical (unpaired) electrons. The van der Waals surface area contributed by atoms with Crippen LogP contribution in [0.4, 0.5) is 11.5 Å². The van der Waals surface area contributed by atoms with Crippen molar-refractivity contribution in [2.75, 3.05) is 31.6 Å². The number of morpholine rings is 1. The second-order valence-electron chi connectivity index (χ2n) is 6.63. The Morgan fingerprint density at radius 1 is 1.03 bits per heavy atom. The summed E-state index contributed by atoms with van der Waals surface area (Å²) in [5, 5.41) is 3.26. The van der Waals surface area contributed by atoms with Gasteiger partial charge in [0.15, 0.2) is 5.75 Å².